The minimum atomic E-state index is -0.418. The Bertz CT molecular complexity index is 779. The van der Waals surface area contributed by atoms with E-state index < -0.39 is 5.91 Å². The van der Waals surface area contributed by atoms with Gasteiger partial charge in [0.25, 0.3) is 11.8 Å². The van der Waals surface area contributed by atoms with Gasteiger partial charge in [0, 0.05) is 5.56 Å². The highest BCUT2D eigenvalue weighted by atomic mass is 35.5. The van der Waals surface area contributed by atoms with Gasteiger partial charge in [0.2, 0.25) is 0 Å². The summed E-state index contributed by atoms with van der Waals surface area (Å²) < 4.78 is 1.54. The Morgan fingerprint density at radius 1 is 1.05 bits per heavy atom. The van der Waals surface area contributed by atoms with Crippen molar-refractivity contribution in [2.45, 2.75) is 0 Å². The molecule has 2 aromatic heterocycles. The van der Waals surface area contributed by atoms with Crippen molar-refractivity contribution in [3.63, 3.8) is 0 Å². The Morgan fingerprint density at radius 3 is 2.48 bits per heavy atom. The Labute approximate surface area is 128 Å². The zero-order chi connectivity index (χ0) is 14.8. The summed E-state index contributed by atoms with van der Waals surface area (Å²) in [5.74, 6) is -0.792. The molecule has 3 rings (SSSR count). The Balaban J connectivity index is 1.66. The van der Waals surface area contributed by atoms with Crippen molar-refractivity contribution < 1.29 is 9.59 Å². The topological polar surface area (TPSA) is 74.0 Å². The first-order chi connectivity index (χ1) is 10.1. The summed E-state index contributed by atoms with van der Waals surface area (Å²) in [7, 11) is 0. The maximum absolute atomic E-state index is 11.9. The van der Waals surface area contributed by atoms with Gasteiger partial charge in [-0.1, -0.05) is 29.8 Å². The van der Waals surface area contributed by atoms with Crippen LogP contribution in [0, 0.1) is 0 Å². The summed E-state index contributed by atoms with van der Waals surface area (Å²) in [5, 5.41) is 0. The van der Waals surface area contributed by atoms with E-state index in [2.05, 4.69) is 15.8 Å². The number of aromatic amines is 1. The summed E-state index contributed by atoms with van der Waals surface area (Å²) in [5.41, 5.74) is 6.36. The molecule has 5 nitrogen and oxygen atoms in total. The van der Waals surface area contributed by atoms with Crippen LogP contribution in [-0.4, -0.2) is 16.8 Å². The smallest absolute Gasteiger partial charge is 0.286 e. The van der Waals surface area contributed by atoms with Crippen molar-refractivity contribution in [3.8, 4) is 0 Å². The second kappa shape index (κ2) is 5.59. The van der Waals surface area contributed by atoms with Gasteiger partial charge in [-0.25, -0.2) is 0 Å². The number of halogens is 1. The largest absolute Gasteiger partial charge is 0.350 e. The third kappa shape index (κ3) is 2.91. The molecule has 3 aromatic rings. The average molecular weight is 320 g/mol. The molecule has 2 amide bonds. The van der Waals surface area contributed by atoms with Crippen molar-refractivity contribution in [1.29, 1.82) is 0 Å². The third-order valence-corrected chi connectivity index (χ3v) is 4.06. The number of hydrogen-bond acceptors (Lipinski definition) is 3. The molecular weight excluding hydrogens is 310 g/mol. The van der Waals surface area contributed by atoms with Gasteiger partial charge < -0.3 is 4.98 Å². The molecule has 21 heavy (non-hydrogen) atoms. The number of H-pyrrole nitrogens is 1. The summed E-state index contributed by atoms with van der Waals surface area (Å²) >= 11 is 7.25. The van der Waals surface area contributed by atoms with Crippen LogP contribution in [0.4, 0.5) is 0 Å². The number of nitrogens with one attached hydrogen (secondary N) is 3. The van der Waals surface area contributed by atoms with Crippen molar-refractivity contribution >= 4 is 45.0 Å². The van der Waals surface area contributed by atoms with E-state index in [9.17, 15) is 9.59 Å². The fourth-order valence-corrected chi connectivity index (χ4v) is 3.00. The third-order valence-electron chi connectivity index (χ3n) is 2.85. The number of thiophene rings is 1. The molecule has 0 saturated heterocycles. The lowest BCUT2D eigenvalue weighted by Gasteiger charge is -2.06. The van der Waals surface area contributed by atoms with E-state index in [1.54, 1.807) is 36.4 Å². The predicted octanol–water partition coefficient (Wildman–Crippen LogP) is 2.96. The second-order valence-corrected chi connectivity index (χ2v) is 6.00. The fourth-order valence-electron chi connectivity index (χ4n) is 1.86. The van der Waals surface area contributed by atoms with Gasteiger partial charge in [0.05, 0.1) is 14.6 Å². The second-order valence-electron chi connectivity index (χ2n) is 4.29. The Morgan fingerprint density at radius 2 is 1.76 bits per heavy atom. The van der Waals surface area contributed by atoms with Gasteiger partial charge in [0.15, 0.2) is 0 Å². The molecule has 0 radical (unpaired) electrons. The SMILES string of the molecule is O=C(NNC(=O)c1cc2sc(Cl)cc2[nH]1)c1ccccc1. The van der Waals surface area contributed by atoms with Crippen LogP contribution in [0.2, 0.25) is 4.34 Å². The monoisotopic (exact) mass is 319 g/mol. The Hall–Kier alpha value is -2.31. The van der Waals surface area contributed by atoms with E-state index in [1.807, 2.05) is 6.07 Å². The lowest BCUT2D eigenvalue weighted by Crippen LogP contribution is -2.41. The lowest BCUT2D eigenvalue weighted by molar-refractivity contribution is 0.0844. The maximum atomic E-state index is 11.9. The van der Waals surface area contributed by atoms with Crippen LogP contribution in [0.15, 0.2) is 42.5 Å². The number of hydrogen-bond donors (Lipinski definition) is 3. The van der Waals surface area contributed by atoms with Crippen molar-refractivity contribution in [3.05, 3.63) is 58.1 Å². The van der Waals surface area contributed by atoms with E-state index in [0.717, 1.165) is 10.2 Å². The van der Waals surface area contributed by atoms with Crippen LogP contribution in [0.5, 0.6) is 0 Å². The summed E-state index contributed by atoms with van der Waals surface area (Å²) in [4.78, 5) is 26.7. The number of benzene rings is 1. The minimum Gasteiger partial charge on any atom is -0.350 e. The van der Waals surface area contributed by atoms with E-state index in [4.69, 9.17) is 11.6 Å². The maximum Gasteiger partial charge on any atom is 0.286 e. The molecule has 0 saturated carbocycles. The number of amides is 2. The minimum absolute atomic E-state index is 0.362. The zero-order valence-electron chi connectivity index (χ0n) is 10.6. The first kappa shape index (κ1) is 13.7. The molecule has 0 aliphatic heterocycles. The van der Waals surface area contributed by atoms with E-state index >= 15 is 0 Å². The molecule has 0 aliphatic carbocycles. The zero-order valence-corrected chi connectivity index (χ0v) is 12.2. The first-order valence-electron chi connectivity index (χ1n) is 6.07. The normalized spacial score (nSPS) is 10.5. The highest BCUT2D eigenvalue weighted by molar-refractivity contribution is 7.22. The van der Waals surface area contributed by atoms with Gasteiger partial charge in [-0.15, -0.1) is 11.3 Å². The number of rotatable bonds is 2. The standard InChI is InChI=1S/C14H10ClN3O2S/c15-12-7-9-11(21-12)6-10(16-9)14(20)18-17-13(19)8-4-2-1-3-5-8/h1-7,16H,(H,17,19)(H,18,20). The van der Waals surface area contributed by atoms with Crippen molar-refractivity contribution in [2.24, 2.45) is 0 Å². The number of fused-ring (bicyclic) bond motifs is 1. The summed E-state index contributed by atoms with van der Waals surface area (Å²) in [6, 6.07) is 12.1. The van der Waals surface area contributed by atoms with Crippen LogP contribution in [0.1, 0.15) is 20.8 Å². The molecule has 106 valence electrons. The molecular formula is C14H10ClN3O2S. The molecule has 0 bridgehead atoms. The molecule has 0 unspecified atom stereocenters. The average Bonchev–Trinajstić information content (AvgIpc) is 3.02. The van der Waals surface area contributed by atoms with Gasteiger partial charge in [-0.2, -0.15) is 0 Å². The van der Waals surface area contributed by atoms with Crippen molar-refractivity contribution in [1.82, 2.24) is 15.8 Å². The molecule has 3 N–H and O–H groups in total. The van der Waals surface area contributed by atoms with Crippen LogP contribution < -0.4 is 10.9 Å². The molecule has 0 atom stereocenters. The first-order valence-corrected chi connectivity index (χ1v) is 7.27. The summed E-state index contributed by atoms with van der Waals surface area (Å²) in [6.07, 6.45) is 0. The van der Waals surface area contributed by atoms with Crippen molar-refractivity contribution in [2.75, 3.05) is 0 Å². The van der Waals surface area contributed by atoms with Crippen LogP contribution in [0.3, 0.4) is 0 Å². The van der Waals surface area contributed by atoms with E-state index in [1.165, 1.54) is 11.3 Å². The highest BCUT2D eigenvalue weighted by Gasteiger charge is 2.12. The van der Waals surface area contributed by atoms with Crippen LogP contribution >= 0.6 is 22.9 Å². The number of carbonyl (C=O) groups is 2. The molecule has 7 heteroatoms. The van der Waals surface area contributed by atoms with Gasteiger partial charge in [-0.3, -0.25) is 20.4 Å². The predicted molar refractivity (Wildman–Crippen MR) is 82.6 cm³/mol. The van der Waals surface area contributed by atoms with Gasteiger partial charge in [0.1, 0.15) is 5.69 Å². The number of hydrazine groups is 1. The highest BCUT2D eigenvalue weighted by Crippen LogP contribution is 2.29. The van der Waals surface area contributed by atoms with E-state index in [-0.39, 0.29) is 5.91 Å². The number of carbonyl (C=O) groups excluding carboxylic acids is 2. The van der Waals surface area contributed by atoms with Gasteiger partial charge >= 0.3 is 0 Å². The van der Waals surface area contributed by atoms with E-state index in [0.29, 0.717) is 15.6 Å². The van der Waals surface area contributed by atoms with Crippen LogP contribution in [0.25, 0.3) is 10.2 Å². The van der Waals surface area contributed by atoms with Gasteiger partial charge in [-0.05, 0) is 24.3 Å². The quantitative estimate of drug-likeness (QED) is 0.635. The molecule has 2 heterocycles. The lowest BCUT2D eigenvalue weighted by atomic mass is 10.2. The number of aromatic nitrogens is 1. The molecule has 0 aliphatic rings. The molecule has 1 aromatic carbocycles. The molecule has 0 spiro atoms. The summed E-state index contributed by atoms with van der Waals surface area (Å²) in [6.45, 7) is 0. The van der Waals surface area contributed by atoms with Crippen LogP contribution in [-0.2, 0) is 0 Å². The fraction of sp³-hybridized carbons (Fsp3) is 0. The molecule has 0 fully saturated rings. The Kier molecular flexibility index (Phi) is 3.64.